The topological polar surface area (TPSA) is 168 Å². The van der Waals surface area contributed by atoms with Gasteiger partial charge in [-0.05, 0) is 66.3 Å². The minimum atomic E-state index is -1.93. The van der Waals surface area contributed by atoms with Crippen LogP contribution in [0.15, 0.2) is 30.3 Å². The third kappa shape index (κ3) is 8.33. The predicted molar refractivity (Wildman–Crippen MR) is 147 cm³/mol. The van der Waals surface area contributed by atoms with Crippen LogP contribution < -0.4 is 11.1 Å². The molecule has 5 atom stereocenters. The SMILES string of the molecule is CSC(CC(N)(C(=O)O)c1ccccc1)N(C(=O)O)C1NCCC(C(=O)OC(C)(C)C)C1C(=O)OC(C)(C)C. The Morgan fingerprint density at radius 2 is 1.56 bits per heavy atom. The fourth-order valence-corrected chi connectivity index (χ4v) is 5.42. The summed E-state index contributed by atoms with van der Waals surface area (Å²) < 4.78 is 11.2. The van der Waals surface area contributed by atoms with Gasteiger partial charge < -0.3 is 25.4 Å². The van der Waals surface area contributed by atoms with Crippen LogP contribution in [0.4, 0.5) is 4.79 Å². The number of carboxylic acid groups (broad SMARTS) is 2. The molecule has 218 valence electrons. The van der Waals surface area contributed by atoms with Gasteiger partial charge in [0.15, 0.2) is 0 Å². The largest absolute Gasteiger partial charge is 0.480 e. The van der Waals surface area contributed by atoms with Crippen molar-refractivity contribution >= 4 is 35.8 Å². The van der Waals surface area contributed by atoms with Crippen molar-refractivity contribution in [2.45, 2.75) is 82.7 Å². The fraction of sp³-hybridized carbons (Fsp3) is 0.630. The Morgan fingerprint density at radius 3 is 2.03 bits per heavy atom. The van der Waals surface area contributed by atoms with Crippen LogP contribution in [-0.2, 0) is 29.4 Å². The first-order valence-electron chi connectivity index (χ1n) is 12.7. The Balaban J connectivity index is 2.58. The van der Waals surface area contributed by atoms with Crippen LogP contribution >= 0.6 is 11.8 Å². The van der Waals surface area contributed by atoms with Gasteiger partial charge in [-0.1, -0.05) is 30.3 Å². The summed E-state index contributed by atoms with van der Waals surface area (Å²) >= 11 is 1.08. The summed E-state index contributed by atoms with van der Waals surface area (Å²) in [6.45, 7) is 10.3. The maximum absolute atomic E-state index is 13.5. The van der Waals surface area contributed by atoms with Gasteiger partial charge in [-0.2, -0.15) is 0 Å². The number of nitrogens with two attached hydrogens (primary N) is 1. The number of thioether (sulfide) groups is 1. The van der Waals surface area contributed by atoms with E-state index in [0.717, 1.165) is 16.7 Å². The fourth-order valence-electron chi connectivity index (χ4n) is 4.55. The molecule has 2 rings (SSSR count). The lowest BCUT2D eigenvalue weighted by Gasteiger charge is -2.45. The minimum Gasteiger partial charge on any atom is -0.480 e. The third-order valence-corrected chi connectivity index (χ3v) is 7.18. The molecular formula is C27H41N3O8S. The van der Waals surface area contributed by atoms with Crippen molar-refractivity contribution in [3.63, 3.8) is 0 Å². The molecule has 1 fully saturated rings. The van der Waals surface area contributed by atoms with E-state index in [0.29, 0.717) is 5.56 Å². The zero-order valence-electron chi connectivity index (χ0n) is 23.6. The minimum absolute atomic E-state index is 0.212. The van der Waals surface area contributed by atoms with Crippen molar-refractivity contribution in [2.24, 2.45) is 17.6 Å². The highest BCUT2D eigenvalue weighted by Crippen LogP contribution is 2.36. The van der Waals surface area contributed by atoms with Gasteiger partial charge in [0.05, 0.1) is 11.3 Å². The van der Waals surface area contributed by atoms with E-state index in [1.54, 1.807) is 78.1 Å². The highest BCUT2D eigenvalue weighted by Gasteiger charge is 2.51. The van der Waals surface area contributed by atoms with Crippen molar-refractivity contribution < 1.29 is 38.9 Å². The van der Waals surface area contributed by atoms with Crippen LogP contribution in [0.2, 0.25) is 0 Å². The highest BCUT2D eigenvalue weighted by atomic mass is 32.2. The molecule has 0 bridgehead atoms. The van der Waals surface area contributed by atoms with Crippen molar-refractivity contribution in [2.75, 3.05) is 12.8 Å². The molecule has 39 heavy (non-hydrogen) atoms. The van der Waals surface area contributed by atoms with Crippen molar-refractivity contribution in [1.29, 1.82) is 0 Å². The average Bonchev–Trinajstić information content (AvgIpc) is 2.81. The number of benzene rings is 1. The van der Waals surface area contributed by atoms with Gasteiger partial charge >= 0.3 is 24.0 Å². The molecule has 1 saturated heterocycles. The number of esters is 2. The molecule has 5 unspecified atom stereocenters. The smallest absolute Gasteiger partial charge is 0.409 e. The number of nitrogens with one attached hydrogen (secondary N) is 1. The van der Waals surface area contributed by atoms with Crippen LogP contribution in [0.1, 0.15) is 59.9 Å². The molecule has 1 aliphatic heterocycles. The molecule has 1 aliphatic rings. The van der Waals surface area contributed by atoms with Gasteiger partial charge in [-0.3, -0.25) is 19.8 Å². The Kier molecular flexibility index (Phi) is 10.4. The summed E-state index contributed by atoms with van der Waals surface area (Å²) in [5.74, 6) is -4.98. The molecular weight excluding hydrogens is 526 g/mol. The molecule has 0 aliphatic carbocycles. The second-order valence-electron chi connectivity index (χ2n) is 11.6. The third-order valence-electron chi connectivity index (χ3n) is 6.24. The molecule has 1 aromatic rings. The van der Waals surface area contributed by atoms with Crippen molar-refractivity contribution in [3.05, 3.63) is 35.9 Å². The lowest BCUT2D eigenvalue weighted by atomic mass is 9.82. The molecule has 1 heterocycles. The number of carboxylic acids is 1. The Hall–Kier alpha value is -2.83. The number of aliphatic carboxylic acids is 1. The van der Waals surface area contributed by atoms with Crippen LogP contribution in [0, 0.1) is 11.8 Å². The number of rotatable bonds is 9. The van der Waals surface area contributed by atoms with E-state index in [-0.39, 0.29) is 19.4 Å². The first kappa shape index (κ1) is 32.4. The maximum atomic E-state index is 13.5. The number of ether oxygens (including phenoxy) is 2. The molecule has 0 saturated carbocycles. The lowest BCUT2D eigenvalue weighted by Crippen LogP contribution is -2.64. The molecule has 1 aromatic carbocycles. The monoisotopic (exact) mass is 567 g/mol. The number of carbonyl (C=O) groups excluding carboxylic acids is 2. The number of hydrogen-bond donors (Lipinski definition) is 4. The summed E-state index contributed by atoms with van der Waals surface area (Å²) in [6, 6.07) is 8.15. The summed E-state index contributed by atoms with van der Waals surface area (Å²) in [7, 11) is 0. The summed E-state index contributed by atoms with van der Waals surface area (Å²) in [6.07, 6.45) is -1.09. The van der Waals surface area contributed by atoms with Crippen LogP contribution in [-0.4, -0.2) is 74.7 Å². The predicted octanol–water partition coefficient (Wildman–Crippen LogP) is 3.22. The van der Waals surface area contributed by atoms with E-state index >= 15 is 0 Å². The quantitative estimate of drug-likeness (QED) is 0.255. The van der Waals surface area contributed by atoms with E-state index in [4.69, 9.17) is 15.2 Å². The van der Waals surface area contributed by atoms with Crippen LogP contribution in [0.3, 0.4) is 0 Å². The van der Waals surface area contributed by atoms with Crippen molar-refractivity contribution in [3.8, 4) is 0 Å². The second-order valence-corrected chi connectivity index (χ2v) is 12.6. The van der Waals surface area contributed by atoms with E-state index in [2.05, 4.69) is 5.32 Å². The number of hydrogen-bond acceptors (Lipinski definition) is 9. The summed E-state index contributed by atoms with van der Waals surface area (Å²) in [5.41, 5.74) is 3.04. The number of carbonyl (C=O) groups is 4. The molecule has 5 N–H and O–H groups in total. The van der Waals surface area contributed by atoms with Gasteiger partial charge in [0.2, 0.25) is 0 Å². The maximum Gasteiger partial charge on any atom is 0.409 e. The first-order chi connectivity index (χ1) is 17.9. The zero-order chi connectivity index (χ0) is 29.8. The zero-order valence-corrected chi connectivity index (χ0v) is 24.4. The van der Waals surface area contributed by atoms with Gasteiger partial charge in [0, 0.05) is 6.42 Å². The Labute approximate surface area is 233 Å². The number of amides is 1. The van der Waals surface area contributed by atoms with Gasteiger partial charge in [-0.25, -0.2) is 9.59 Å². The number of nitrogens with zero attached hydrogens (tertiary/aromatic N) is 1. The van der Waals surface area contributed by atoms with E-state index in [1.807, 2.05) is 0 Å². The van der Waals surface area contributed by atoms with Gasteiger partial charge in [-0.15, -0.1) is 11.8 Å². The standard InChI is InChI=1S/C27H41N3O8S/c1-25(2,3)37-21(31)17-13-14-29-20(19(17)22(32)38-26(4,5)6)30(24(35)36)18(39-7)15-27(28,23(33)34)16-11-9-8-10-12-16/h8-12,17-20,29H,13-15,28H2,1-7H3,(H,33,34)(H,35,36). The van der Waals surface area contributed by atoms with Crippen molar-refractivity contribution in [1.82, 2.24) is 10.2 Å². The summed E-state index contributed by atoms with van der Waals surface area (Å²) in [5, 5.41) is 22.6. The highest BCUT2D eigenvalue weighted by molar-refractivity contribution is 7.99. The molecule has 0 aromatic heterocycles. The van der Waals surface area contributed by atoms with E-state index in [1.165, 1.54) is 0 Å². The normalized spacial score (nSPS) is 22.2. The molecule has 12 heteroatoms. The molecule has 0 radical (unpaired) electrons. The summed E-state index contributed by atoms with van der Waals surface area (Å²) in [4.78, 5) is 52.9. The van der Waals surface area contributed by atoms with Crippen LogP contribution in [0.25, 0.3) is 0 Å². The van der Waals surface area contributed by atoms with Crippen LogP contribution in [0.5, 0.6) is 0 Å². The molecule has 11 nitrogen and oxygen atoms in total. The van der Waals surface area contributed by atoms with E-state index in [9.17, 15) is 29.4 Å². The molecule has 1 amide bonds. The second kappa shape index (κ2) is 12.6. The van der Waals surface area contributed by atoms with Gasteiger partial charge in [0.1, 0.15) is 28.8 Å². The van der Waals surface area contributed by atoms with Gasteiger partial charge in [0.25, 0.3) is 0 Å². The Morgan fingerprint density at radius 1 is 1.03 bits per heavy atom. The average molecular weight is 568 g/mol. The first-order valence-corrected chi connectivity index (χ1v) is 14.0. The molecule has 0 spiro atoms. The van der Waals surface area contributed by atoms with E-state index < -0.39 is 64.1 Å². The Bertz CT molecular complexity index is 1040. The lowest BCUT2D eigenvalue weighted by molar-refractivity contribution is -0.179. The number of piperidine rings is 1.